The smallest absolute Gasteiger partial charge is 0.200 e. The molecule has 3 heterocycles. The molecular weight excluding hydrogens is 322 g/mol. The number of fused-ring (bicyclic) bond motifs is 4. The van der Waals surface area contributed by atoms with E-state index in [9.17, 15) is 0 Å². The first-order chi connectivity index (χ1) is 12.8. The Kier molecular flexibility index (Phi) is 3.75. The minimum Gasteiger partial charge on any atom is -0.466 e. The molecule has 3 aliphatic rings. The third kappa shape index (κ3) is 2.43. The van der Waals surface area contributed by atoms with Crippen molar-refractivity contribution >= 4 is 5.71 Å². The van der Waals surface area contributed by atoms with Crippen molar-refractivity contribution in [3.63, 3.8) is 0 Å². The zero-order valence-electron chi connectivity index (χ0n) is 15.3. The Bertz CT molecular complexity index is 824. The maximum Gasteiger partial charge on any atom is 0.200 e. The fourth-order valence-corrected chi connectivity index (χ4v) is 4.58. The van der Waals surface area contributed by atoms with Gasteiger partial charge in [-0.3, -0.25) is 0 Å². The van der Waals surface area contributed by atoms with Crippen LogP contribution in [0.3, 0.4) is 0 Å². The molecule has 0 aromatic heterocycles. The van der Waals surface area contributed by atoms with Gasteiger partial charge in [0.05, 0.1) is 11.8 Å². The molecule has 0 bridgehead atoms. The summed E-state index contributed by atoms with van der Waals surface area (Å²) in [6, 6.07) is 19.4. The Morgan fingerprint density at radius 3 is 2.54 bits per heavy atom. The molecule has 2 aromatic rings. The molecule has 5 rings (SSSR count). The molecular formula is C22H25N3O. The molecule has 26 heavy (non-hydrogen) atoms. The third-order valence-corrected chi connectivity index (χ3v) is 6.10. The Morgan fingerprint density at radius 2 is 1.77 bits per heavy atom. The van der Waals surface area contributed by atoms with Crippen LogP contribution in [0, 0.1) is 0 Å². The summed E-state index contributed by atoms with van der Waals surface area (Å²) in [6.07, 6.45) is 2.94. The maximum absolute atomic E-state index is 6.64. The fraction of sp³-hybridized carbons (Fsp3) is 0.409. The maximum atomic E-state index is 6.64. The molecule has 1 saturated heterocycles. The average molecular weight is 347 g/mol. The van der Waals surface area contributed by atoms with Gasteiger partial charge in [0.25, 0.3) is 0 Å². The number of likely N-dealkylation sites (tertiary alicyclic amines) is 1. The van der Waals surface area contributed by atoms with E-state index in [1.54, 1.807) is 0 Å². The highest BCUT2D eigenvalue weighted by Crippen LogP contribution is 2.49. The van der Waals surface area contributed by atoms with Crippen molar-refractivity contribution < 1.29 is 4.74 Å². The minimum absolute atomic E-state index is 0.281. The minimum atomic E-state index is -0.304. The van der Waals surface area contributed by atoms with Crippen LogP contribution in [0.2, 0.25) is 0 Å². The summed E-state index contributed by atoms with van der Waals surface area (Å²) in [4.78, 5) is 2.50. The summed E-state index contributed by atoms with van der Waals surface area (Å²) in [5.74, 6) is 1.04. The quantitative estimate of drug-likeness (QED) is 0.821. The number of hydrogen-bond donors (Lipinski definition) is 0. The van der Waals surface area contributed by atoms with Crippen LogP contribution in [0.15, 0.2) is 59.7 Å². The number of nitrogens with zero attached hydrogens (tertiary/aromatic N) is 3. The van der Waals surface area contributed by atoms with Gasteiger partial charge in [-0.1, -0.05) is 55.5 Å². The van der Waals surface area contributed by atoms with E-state index in [1.807, 2.05) is 0 Å². The van der Waals surface area contributed by atoms with Crippen LogP contribution in [-0.4, -0.2) is 41.0 Å². The van der Waals surface area contributed by atoms with Crippen molar-refractivity contribution in [2.24, 2.45) is 5.10 Å². The van der Waals surface area contributed by atoms with Gasteiger partial charge in [-0.25, -0.2) is 5.01 Å². The van der Waals surface area contributed by atoms with Gasteiger partial charge in [-0.05, 0) is 18.2 Å². The van der Waals surface area contributed by atoms with Crippen LogP contribution < -0.4 is 4.74 Å². The van der Waals surface area contributed by atoms with Gasteiger partial charge >= 0.3 is 0 Å². The summed E-state index contributed by atoms with van der Waals surface area (Å²) < 4.78 is 6.64. The first kappa shape index (κ1) is 15.9. The van der Waals surface area contributed by atoms with Crippen LogP contribution in [0.1, 0.15) is 43.4 Å². The van der Waals surface area contributed by atoms with Crippen LogP contribution >= 0.6 is 0 Å². The second-order valence-electron chi connectivity index (χ2n) is 7.50. The fourth-order valence-electron chi connectivity index (χ4n) is 4.58. The first-order valence-corrected chi connectivity index (χ1v) is 9.72. The number of ether oxygens (including phenoxy) is 1. The van der Waals surface area contributed by atoms with E-state index in [-0.39, 0.29) is 11.8 Å². The van der Waals surface area contributed by atoms with Crippen molar-refractivity contribution in [2.45, 2.75) is 38.0 Å². The second kappa shape index (κ2) is 6.13. The summed E-state index contributed by atoms with van der Waals surface area (Å²) in [6.45, 7) is 5.48. The lowest BCUT2D eigenvalue weighted by atomic mass is 9.91. The molecule has 0 aliphatic carbocycles. The Morgan fingerprint density at radius 1 is 1.04 bits per heavy atom. The van der Waals surface area contributed by atoms with Gasteiger partial charge in [0.1, 0.15) is 5.75 Å². The predicted octanol–water partition coefficient (Wildman–Crippen LogP) is 4.04. The van der Waals surface area contributed by atoms with Crippen LogP contribution in [0.25, 0.3) is 0 Å². The number of rotatable bonds is 2. The summed E-state index contributed by atoms with van der Waals surface area (Å²) in [5, 5.41) is 7.41. The molecule has 1 atom stereocenters. The lowest BCUT2D eigenvalue weighted by Gasteiger charge is -2.51. The number of hydrazone groups is 1. The molecule has 4 nitrogen and oxygen atoms in total. The lowest BCUT2D eigenvalue weighted by Crippen LogP contribution is -2.59. The predicted molar refractivity (Wildman–Crippen MR) is 103 cm³/mol. The molecule has 134 valence electrons. The van der Waals surface area contributed by atoms with Crippen molar-refractivity contribution in [1.29, 1.82) is 0 Å². The van der Waals surface area contributed by atoms with Crippen molar-refractivity contribution in [2.75, 3.05) is 19.6 Å². The number of hydrogen-bond acceptors (Lipinski definition) is 4. The van der Waals surface area contributed by atoms with E-state index in [4.69, 9.17) is 9.84 Å². The van der Waals surface area contributed by atoms with Gasteiger partial charge in [-0.15, -0.1) is 0 Å². The van der Waals surface area contributed by atoms with E-state index >= 15 is 0 Å². The van der Waals surface area contributed by atoms with Gasteiger partial charge in [-0.2, -0.15) is 5.10 Å². The monoisotopic (exact) mass is 347 g/mol. The van der Waals surface area contributed by atoms with E-state index in [2.05, 4.69) is 71.4 Å². The van der Waals surface area contributed by atoms with E-state index in [0.717, 1.165) is 44.6 Å². The molecule has 1 spiro atoms. The van der Waals surface area contributed by atoms with Gasteiger partial charge in [0.15, 0.2) is 0 Å². The highest BCUT2D eigenvalue weighted by Gasteiger charge is 2.51. The Hall–Kier alpha value is -2.33. The number of para-hydroxylation sites is 1. The molecule has 0 saturated carbocycles. The molecule has 0 unspecified atom stereocenters. The van der Waals surface area contributed by atoms with E-state index in [1.165, 1.54) is 16.8 Å². The molecule has 0 radical (unpaired) electrons. The highest BCUT2D eigenvalue weighted by molar-refractivity contribution is 6.01. The van der Waals surface area contributed by atoms with E-state index < -0.39 is 0 Å². The van der Waals surface area contributed by atoms with E-state index in [0.29, 0.717) is 0 Å². The second-order valence-corrected chi connectivity index (χ2v) is 7.50. The van der Waals surface area contributed by atoms with Crippen molar-refractivity contribution in [3.05, 3.63) is 65.7 Å². The normalized spacial score (nSPS) is 24.0. The van der Waals surface area contributed by atoms with Crippen LogP contribution in [0.4, 0.5) is 0 Å². The van der Waals surface area contributed by atoms with Gasteiger partial charge in [0, 0.05) is 37.9 Å². The standard InChI is InChI=1S/C22H25N3O/c1-2-24-14-12-22(13-15-24)25-20(18-10-6-7-11-21(18)26-22)16-19(23-25)17-8-4-3-5-9-17/h3-11,20H,2,12-16H2,1H3/t20-/m0/s1. The molecule has 0 amide bonds. The lowest BCUT2D eigenvalue weighted by molar-refractivity contribution is -0.149. The molecule has 0 N–H and O–H groups in total. The highest BCUT2D eigenvalue weighted by atomic mass is 16.5. The third-order valence-electron chi connectivity index (χ3n) is 6.10. The molecule has 3 aliphatic heterocycles. The largest absolute Gasteiger partial charge is 0.466 e. The van der Waals surface area contributed by atoms with Gasteiger partial charge in [0.2, 0.25) is 5.72 Å². The summed E-state index contributed by atoms with van der Waals surface area (Å²) in [5.41, 5.74) is 3.36. The van der Waals surface area contributed by atoms with Crippen molar-refractivity contribution in [3.8, 4) is 5.75 Å². The first-order valence-electron chi connectivity index (χ1n) is 9.72. The van der Waals surface area contributed by atoms with Crippen LogP contribution in [0.5, 0.6) is 5.75 Å². The molecule has 1 fully saturated rings. The Balaban J connectivity index is 1.55. The Labute approximate surface area is 155 Å². The summed E-state index contributed by atoms with van der Waals surface area (Å²) in [7, 11) is 0. The van der Waals surface area contributed by atoms with Gasteiger partial charge < -0.3 is 9.64 Å². The SMILES string of the molecule is CCN1CCC2(CC1)Oc1ccccc1[C@@H]1CC(c3ccccc3)=NN12. The number of benzene rings is 2. The zero-order chi connectivity index (χ0) is 17.6. The zero-order valence-corrected chi connectivity index (χ0v) is 15.3. The van der Waals surface area contributed by atoms with Crippen molar-refractivity contribution in [1.82, 2.24) is 9.91 Å². The topological polar surface area (TPSA) is 28.1 Å². The average Bonchev–Trinajstić information content (AvgIpc) is 3.16. The van der Waals surface area contributed by atoms with Crippen LogP contribution in [-0.2, 0) is 0 Å². The summed E-state index contributed by atoms with van der Waals surface area (Å²) >= 11 is 0. The number of piperidine rings is 1. The molecule has 4 heteroatoms. The molecule has 2 aromatic carbocycles.